The molecule has 1 aliphatic heterocycles. The summed E-state index contributed by atoms with van der Waals surface area (Å²) in [5.74, 6) is 0.924. The van der Waals surface area contributed by atoms with E-state index in [1.165, 1.54) is 48.9 Å². The first-order valence-electron chi connectivity index (χ1n) is 8.94. The van der Waals surface area contributed by atoms with Gasteiger partial charge in [-0.3, -0.25) is 5.32 Å². The molecule has 1 aromatic heterocycles. The summed E-state index contributed by atoms with van der Waals surface area (Å²) in [5.41, 5.74) is 4.16. The molecule has 1 fully saturated rings. The van der Waals surface area contributed by atoms with E-state index in [-0.39, 0.29) is 5.60 Å². The standard InChI is InChI=1S/C19H27N3O/c1-4-17-16-12-23-19(2,3)10-14(16)15(11-20)18(22-17)21-13-8-6-5-7-9-13/h13H,4-10,12H2,1-3H3,(H,21,22)/p+1. The van der Waals surface area contributed by atoms with Crippen molar-refractivity contribution >= 4 is 5.82 Å². The van der Waals surface area contributed by atoms with Crippen LogP contribution < -0.4 is 10.3 Å². The van der Waals surface area contributed by atoms with Gasteiger partial charge in [-0.25, -0.2) is 4.98 Å². The number of pyridine rings is 1. The van der Waals surface area contributed by atoms with Crippen molar-refractivity contribution in [3.8, 4) is 6.07 Å². The van der Waals surface area contributed by atoms with Crippen molar-refractivity contribution in [2.75, 3.05) is 5.32 Å². The van der Waals surface area contributed by atoms with E-state index in [1.807, 2.05) is 0 Å². The maximum Gasteiger partial charge on any atom is 0.291 e. The molecule has 1 aliphatic carbocycles. The van der Waals surface area contributed by atoms with Gasteiger partial charge in [-0.2, -0.15) is 5.26 Å². The first-order chi connectivity index (χ1) is 11.0. The van der Waals surface area contributed by atoms with Crippen molar-refractivity contribution in [2.24, 2.45) is 0 Å². The minimum Gasteiger partial charge on any atom is -0.370 e. The zero-order valence-electron chi connectivity index (χ0n) is 14.6. The fourth-order valence-corrected chi connectivity index (χ4v) is 3.87. The Balaban J connectivity index is 2.00. The average Bonchev–Trinajstić information content (AvgIpc) is 2.54. The Morgan fingerprint density at radius 1 is 1.26 bits per heavy atom. The van der Waals surface area contributed by atoms with E-state index in [0.29, 0.717) is 12.6 Å². The molecule has 0 bridgehead atoms. The second kappa shape index (κ2) is 6.49. The number of aromatic amines is 1. The maximum absolute atomic E-state index is 9.79. The van der Waals surface area contributed by atoms with Crippen LogP contribution in [0.2, 0.25) is 0 Å². The molecule has 0 saturated heterocycles. The molecule has 0 radical (unpaired) electrons. The summed E-state index contributed by atoms with van der Waals surface area (Å²) in [4.78, 5) is 3.50. The lowest BCUT2D eigenvalue weighted by atomic mass is 9.87. The SMILES string of the molecule is CCc1[nH+]c(NC2CCCCC2)c(C#N)c2c1COC(C)(C)C2. The Labute approximate surface area is 139 Å². The second-order valence-electron chi connectivity index (χ2n) is 7.48. The molecule has 3 rings (SSSR count). The van der Waals surface area contributed by atoms with Crippen LogP contribution in [0.1, 0.15) is 75.3 Å². The van der Waals surface area contributed by atoms with Crippen molar-refractivity contribution in [1.29, 1.82) is 5.26 Å². The normalized spacial score (nSPS) is 20.6. The fraction of sp³-hybridized carbons (Fsp3) is 0.684. The van der Waals surface area contributed by atoms with Gasteiger partial charge < -0.3 is 4.74 Å². The van der Waals surface area contributed by atoms with Crippen LogP contribution in [0.15, 0.2) is 0 Å². The number of ether oxygens (including phenoxy) is 1. The molecule has 0 spiro atoms. The number of aromatic nitrogens is 1. The number of hydrogen-bond acceptors (Lipinski definition) is 3. The van der Waals surface area contributed by atoms with E-state index in [9.17, 15) is 5.26 Å². The summed E-state index contributed by atoms with van der Waals surface area (Å²) >= 11 is 0. The first-order valence-corrected chi connectivity index (χ1v) is 8.94. The van der Waals surface area contributed by atoms with Crippen molar-refractivity contribution in [3.05, 3.63) is 22.4 Å². The fourth-order valence-electron chi connectivity index (χ4n) is 3.87. The van der Waals surface area contributed by atoms with Crippen LogP contribution in [0.4, 0.5) is 5.82 Å². The third-order valence-electron chi connectivity index (χ3n) is 5.18. The summed E-state index contributed by atoms with van der Waals surface area (Å²) in [6, 6.07) is 2.94. The number of H-pyrrole nitrogens is 1. The Morgan fingerprint density at radius 3 is 2.65 bits per heavy atom. The molecule has 1 saturated carbocycles. The molecule has 0 amide bonds. The Bertz CT molecular complexity index is 624. The second-order valence-corrected chi connectivity index (χ2v) is 7.48. The minimum absolute atomic E-state index is 0.201. The number of hydrogen-bond donors (Lipinski definition) is 1. The van der Waals surface area contributed by atoms with E-state index >= 15 is 0 Å². The highest BCUT2D eigenvalue weighted by molar-refractivity contribution is 5.57. The lowest BCUT2D eigenvalue weighted by Gasteiger charge is -2.33. The molecule has 4 heteroatoms. The number of nitrogens with zero attached hydrogens (tertiary/aromatic N) is 1. The molecule has 2 heterocycles. The van der Waals surface area contributed by atoms with Crippen LogP contribution >= 0.6 is 0 Å². The summed E-state index contributed by atoms with van der Waals surface area (Å²) in [6.45, 7) is 6.96. The quantitative estimate of drug-likeness (QED) is 0.928. The van der Waals surface area contributed by atoms with Gasteiger partial charge in [0.2, 0.25) is 0 Å². The third kappa shape index (κ3) is 3.35. The molecule has 0 atom stereocenters. The van der Waals surface area contributed by atoms with Gasteiger partial charge in [-0.15, -0.1) is 0 Å². The van der Waals surface area contributed by atoms with Gasteiger partial charge in [0, 0.05) is 18.4 Å². The first kappa shape index (κ1) is 16.3. The number of nitriles is 1. The largest absolute Gasteiger partial charge is 0.370 e. The minimum atomic E-state index is -0.201. The van der Waals surface area contributed by atoms with Crippen LogP contribution in [0, 0.1) is 11.3 Å². The molecule has 23 heavy (non-hydrogen) atoms. The van der Waals surface area contributed by atoms with Gasteiger partial charge in [0.25, 0.3) is 5.82 Å². The molecule has 4 nitrogen and oxygen atoms in total. The van der Waals surface area contributed by atoms with Gasteiger partial charge in [0.1, 0.15) is 17.3 Å². The lowest BCUT2D eigenvalue weighted by Crippen LogP contribution is -2.37. The molecular weight excluding hydrogens is 286 g/mol. The monoisotopic (exact) mass is 314 g/mol. The highest BCUT2D eigenvalue weighted by Crippen LogP contribution is 2.33. The van der Waals surface area contributed by atoms with Crippen LogP contribution in [0.5, 0.6) is 0 Å². The van der Waals surface area contributed by atoms with Gasteiger partial charge in [0.15, 0.2) is 0 Å². The molecule has 2 N–H and O–H groups in total. The maximum atomic E-state index is 9.79. The molecule has 0 unspecified atom stereocenters. The molecule has 124 valence electrons. The van der Waals surface area contributed by atoms with Gasteiger partial charge in [0.05, 0.1) is 18.2 Å². The molecule has 2 aliphatic rings. The summed E-state index contributed by atoms with van der Waals surface area (Å²) in [5, 5.41) is 13.4. The van der Waals surface area contributed by atoms with E-state index < -0.39 is 0 Å². The van der Waals surface area contributed by atoms with Crippen molar-refractivity contribution in [3.63, 3.8) is 0 Å². The highest BCUT2D eigenvalue weighted by atomic mass is 16.5. The van der Waals surface area contributed by atoms with Crippen LogP contribution in [0.25, 0.3) is 0 Å². The van der Waals surface area contributed by atoms with E-state index in [2.05, 4.69) is 37.1 Å². The summed E-state index contributed by atoms with van der Waals surface area (Å²) in [6.07, 6.45) is 8.03. The topological polar surface area (TPSA) is 59.2 Å². The molecule has 0 aromatic carbocycles. The predicted molar refractivity (Wildman–Crippen MR) is 90.2 cm³/mol. The van der Waals surface area contributed by atoms with Crippen molar-refractivity contribution < 1.29 is 9.72 Å². The van der Waals surface area contributed by atoms with Crippen molar-refractivity contribution in [2.45, 2.75) is 84.0 Å². The zero-order valence-corrected chi connectivity index (χ0v) is 14.6. The number of fused-ring (bicyclic) bond motifs is 1. The van der Waals surface area contributed by atoms with Crippen LogP contribution in [-0.4, -0.2) is 11.6 Å². The summed E-state index contributed by atoms with van der Waals surface area (Å²) < 4.78 is 5.97. The molecule has 1 aromatic rings. The van der Waals surface area contributed by atoms with Crippen molar-refractivity contribution in [1.82, 2.24) is 0 Å². The Hall–Kier alpha value is -1.60. The van der Waals surface area contributed by atoms with Crippen LogP contribution in [-0.2, 0) is 24.2 Å². The number of nitrogens with one attached hydrogen (secondary N) is 2. The number of rotatable bonds is 3. The third-order valence-corrected chi connectivity index (χ3v) is 5.18. The lowest BCUT2D eigenvalue weighted by molar-refractivity contribution is -0.375. The van der Waals surface area contributed by atoms with E-state index in [1.54, 1.807) is 0 Å². The van der Waals surface area contributed by atoms with E-state index in [4.69, 9.17) is 4.74 Å². The van der Waals surface area contributed by atoms with Gasteiger partial charge in [-0.05, 0) is 45.1 Å². The Morgan fingerprint density at radius 2 is 2.00 bits per heavy atom. The zero-order chi connectivity index (χ0) is 16.4. The smallest absolute Gasteiger partial charge is 0.291 e. The number of anilines is 1. The predicted octanol–water partition coefficient (Wildman–Crippen LogP) is 3.53. The van der Waals surface area contributed by atoms with E-state index in [0.717, 1.165) is 24.2 Å². The Kier molecular flexibility index (Phi) is 4.59. The number of aryl methyl sites for hydroxylation is 1. The summed E-state index contributed by atoms with van der Waals surface area (Å²) in [7, 11) is 0. The highest BCUT2D eigenvalue weighted by Gasteiger charge is 2.34. The molecular formula is C19H28N3O+. The average molecular weight is 314 g/mol. The van der Waals surface area contributed by atoms with Gasteiger partial charge in [-0.1, -0.05) is 13.3 Å². The van der Waals surface area contributed by atoms with Crippen LogP contribution in [0.3, 0.4) is 0 Å². The van der Waals surface area contributed by atoms with Gasteiger partial charge >= 0.3 is 0 Å².